The van der Waals surface area contributed by atoms with Gasteiger partial charge in [-0.1, -0.05) is 31.6 Å². The van der Waals surface area contributed by atoms with Gasteiger partial charge >= 0.3 is 0 Å². The molecule has 172 valence electrons. The van der Waals surface area contributed by atoms with E-state index in [0.717, 1.165) is 12.0 Å². The van der Waals surface area contributed by atoms with Crippen LogP contribution in [-0.4, -0.2) is 68.7 Å². The predicted octanol–water partition coefficient (Wildman–Crippen LogP) is 2.95. The van der Waals surface area contributed by atoms with Crippen LogP contribution in [0.15, 0.2) is 23.1 Å². The van der Waals surface area contributed by atoms with Gasteiger partial charge < -0.3 is 14.7 Å². The second kappa shape index (κ2) is 10.4. The topological polar surface area (TPSA) is 70.1 Å². The van der Waals surface area contributed by atoms with E-state index in [1.54, 1.807) is 25.1 Å². The highest BCUT2D eigenvalue weighted by atomic mass is 32.2. The number of sulfonamides is 1. The Labute approximate surface area is 187 Å². The van der Waals surface area contributed by atoms with Crippen molar-refractivity contribution in [2.45, 2.75) is 63.0 Å². The molecular weight excluding hydrogens is 412 g/mol. The number of aliphatic hydroxyl groups is 1. The standard InChI is InChI=1S/C24H36N2O4S/c1-18-15-26(19(2)17-27)31(28,29)24-13-12-21(11-7-10-20-8-5-6-9-20)14-22(24)30-23(18)16-25(3)4/h12-14,18-20,23,27H,5-6,8-10,15-17H2,1-4H3/t18-,19-,23-/m0/s1. The quantitative estimate of drug-likeness (QED) is 0.702. The van der Waals surface area contributed by atoms with Crippen molar-refractivity contribution in [3.8, 4) is 17.6 Å². The third-order valence-corrected chi connectivity index (χ3v) is 8.33. The Morgan fingerprint density at radius 3 is 2.65 bits per heavy atom. The summed E-state index contributed by atoms with van der Waals surface area (Å²) in [6, 6.07) is 4.61. The van der Waals surface area contributed by atoms with Crippen LogP contribution in [0, 0.1) is 23.7 Å². The molecule has 0 aromatic heterocycles. The van der Waals surface area contributed by atoms with E-state index in [9.17, 15) is 13.5 Å². The molecule has 1 aliphatic carbocycles. The van der Waals surface area contributed by atoms with Crippen LogP contribution in [0.25, 0.3) is 0 Å². The molecule has 6 nitrogen and oxygen atoms in total. The lowest BCUT2D eigenvalue weighted by Gasteiger charge is -2.37. The van der Waals surface area contributed by atoms with E-state index in [0.29, 0.717) is 24.8 Å². The zero-order valence-corrected chi connectivity index (χ0v) is 20.0. The van der Waals surface area contributed by atoms with E-state index in [1.807, 2.05) is 25.9 Å². The Bertz CT molecular complexity index is 913. The molecule has 1 aromatic rings. The normalized spacial score (nSPS) is 25.1. The lowest BCUT2D eigenvalue weighted by Crippen LogP contribution is -2.49. The summed E-state index contributed by atoms with van der Waals surface area (Å²) in [5.41, 5.74) is 0.769. The van der Waals surface area contributed by atoms with Gasteiger partial charge in [0.15, 0.2) is 0 Å². The van der Waals surface area contributed by atoms with E-state index in [2.05, 4.69) is 11.8 Å². The lowest BCUT2D eigenvalue weighted by molar-refractivity contribution is 0.0812. The summed E-state index contributed by atoms with van der Waals surface area (Å²) in [5, 5.41) is 9.69. The minimum atomic E-state index is -3.80. The van der Waals surface area contributed by atoms with Crippen LogP contribution < -0.4 is 4.74 Å². The summed E-state index contributed by atoms with van der Waals surface area (Å²) in [7, 11) is 0.153. The Morgan fingerprint density at radius 1 is 1.29 bits per heavy atom. The van der Waals surface area contributed by atoms with Crippen molar-refractivity contribution < 1.29 is 18.3 Å². The molecule has 1 saturated carbocycles. The smallest absolute Gasteiger partial charge is 0.247 e. The van der Waals surface area contributed by atoms with Crippen molar-refractivity contribution in [3.63, 3.8) is 0 Å². The van der Waals surface area contributed by atoms with Crippen LogP contribution in [0.1, 0.15) is 51.5 Å². The molecule has 3 rings (SSSR count). The number of aliphatic hydroxyl groups excluding tert-OH is 1. The molecule has 0 bridgehead atoms. The van der Waals surface area contributed by atoms with Gasteiger partial charge in [0.1, 0.15) is 16.7 Å². The van der Waals surface area contributed by atoms with E-state index < -0.39 is 16.1 Å². The minimum Gasteiger partial charge on any atom is -0.487 e. The third-order valence-electron chi connectivity index (χ3n) is 6.31. The van der Waals surface area contributed by atoms with Crippen LogP contribution >= 0.6 is 0 Å². The van der Waals surface area contributed by atoms with E-state index >= 15 is 0 Å². The van der Waals surface area contributed by atoms with Crippen molar-refractivity contribution in [2.24, 2.45) is 11.8 Å². The summed E-state index contributed by atoms with van der Waals surface area (Å²) in [5.74, 6) is 7.48. The van der Waals surface area contributed by atoms with E-state index in [-0.39, 0.29) is 23.5 Å². The van der Waals surface area contributed by atoms with Gasteiger partial charge in [-0.05, 0) is 58.0 Å². The molecule has 1 heterocycles. The largest absolute Gasteiger partial charge is 0.487 e. The van der Waals surface area contributed by atoms with Gasteiger partial charge in [0.05, 0.1) is 6.61 Å². The van der Waals surface area contributed by atoms with Gasteiger partial charge in [0, 0.05) is 37.0 Å². The summed E-state index contributed by atoms with van der Waals surface area (Å²) >= 11 is 0. The number of hydrogen-bond acceptors (Lipinski definition) is 5. The monoisotopic (exact) mass is 448 g/mol. The number of benzene rings is 1. The molecule has 31 heavy (non-hydrogen) atoms. The molecule has 1 aliphatic heterocycles. The van der Waals surface area contributed by atoms with Crippen molar-refractivity contribution in [1.29, 1.82) is 0 Å². The molecule has 1 N–H and O–H groups in total. The Morgan fingerprint density at radius 2 is 2.00 bits per heavy atom. The van der Waals surface area contributed by atoms with Crippen molar-refractivity contribution in [2.75, 3.05) is 33.8 Å². The molecule has 7 heteroatoms. The van der Waals surface area contributed by atoms with Gasteiger partial charge in [-0.2, -0.15) is 4.31 Å². The zero-order valence-electron chi connectivity index (χ0n) is 19.2. The molecule has 0 unspecified atom stereocenters. The second-order valence-corrected chi connectivity index (χ2v) is 11.2. The van der Waals surface area contributed by atoms with Gasteiger partial charge in [-0.15, -0.1) is 0 Å². The summed E-state index contributed by atoms with van der Waals surface area (Å²) in [6.07, 6.45) is 5.81. The highest BCUT2D eigenvalue weighted by molar-refractivity contribution is 7.89. The average Bonchev–Trinajstić information content (AvgIpc) is 3.23. The fourth-order valence-corrected chi connectivity index (χ4v) is 6.22. The number of rotatable bonds is 5. The molecule has 0 spiro atoms. The van der Waals surface area contributed by atoms with Crippen LogP contribution in [0.4, 0.5) is 0 Å². The third kappa shape index (κ3) is 5.81. The average molecular weight is 449 g/mol. The fraction of sp³-hybridized carbons (Fsp3) is 0.667. The molecule has 1 fully saturated rings. The van der Waals surface area contributed by atoms with Crippen LogP contribution in [0.5, 0.6) is 5.75 Å². The van der Waals surface area contributed by atoms with Crippen molar-refractivity contribution in [1.82, 2.24) is 9.21 Å². The summed E-state index contributed by atoms with van der Waals surface area (Å²) < 4.78 is 34.6. The Hall–Kier alpha value is -1.59. The number of fused-ring (bicyclic) bond motifs is 1. The number of likely N-dealkylation sites (N-methyl/N-ethyl adjacent to an activating group) is 1. The second-order valence-electron chi connectivity index (χ2n) is 9.32. The van der Waals surface area contributed by atoms with Gasteiger partial charge in [0.25, 0.3) is 0 Å². The summed E-state index contributed by atoms with van der Waals surface area (Å²) in [4.78, 5) is 2.19. The number of ether oxygens (including phenoxy) is 1. The van der Waals surface area contributed by atoms with Crippen molar-refractivity contribution in [3.05, 3.63) is 23.8 Å². The molecular formula is C24H36N2O4S. The first-order valence-electron chi connectivity index (χ1n) is 11.3. The number of hydrogen-bond donors (Lipinski definition) is 1. The molecule has 3 atom stereocenters. The SMILES string of the molecule is C[C@H]1CN([C@@H](C)CO)S(=O)(=O)c2ccc(C#CCC3CCCC3)cc2O[C@H]1CN(C)C. The van der Waals surface area contributed by atoms with Gasteiger partial charge in [0.2, 0.25) is 10.0 Å². The van der Waals surface area contributed by atoms with Crippen LogP contribution in [0.2, 0.25) is 0 Å². The highest BCUT2D eigenvalue weighted by Gasteiger charge is 2.37. The Kier molecular flexibility index (Phi) is 8.03. The first-order chi connectivity index (χ1) is 14.7. The zero-order chi connectivity index (χ0) is 22.6. The van der Waals surface area contributed by atoms with Crippen LogP contribution in [0.3, 0.4) is 0 Å². The lowest BCUT2D eigenvalue weighted by atomic mass is 10.0. The molecule has 0 saturated heterocycles. The van der Waals surface area contributed by atoms with E-state index in [4.69, 9.17) is 4.74 Å². The maximum Gasteiger partial charge on any atom is 0.247 e. The molecule has 0 radical (unpaired) electrons. The molecule has 1 aromatic carbocycles. The minimum absolute atomic E-state index is 0.0450. The predicted molar refractivity (Wildman–Crippen MR) is 122 cm³/mol. The first kappa shape index (κ1) is 24.1. The Balaban J connectivity index is 1.97. The van der Waals surface area contributed by atoms with Crippen LogP contribution in [-0.2, 0) is 10.0 Å². The molecule has 2 aliphatic rings. The van der Waals surface area contributed by atoms with Gasteiger partial charge in [-0.3, -0.25) is 0 Å². The van der Waals surface area contributed by atoms with Gasteiger partial charge in [-0.25, -0.2) is 8.42 Å². The highest BCUT2D eigenvalue weighted by Crippen LogP contribution is 2.34. The maximum absolute atomic E-state index is 13.4. The fourth-order valence-electron chi connectivity index (χ4n) is 4.39. The van der Waals surface area contributed by atoms with Crippen molar-refractivity contribution >= 4 is 10.0 Å². The summed E-state index contributed by atoms with van der Waals surface area (Å²) in [6.45, 7) is 4.46. The first-order valence-corrected chi connectivity index (χ1v) is 12.7. The van der Waals surface area contributed by atoms with E-state index in [1.165, 1.54) is 30.0 Å². The molecule has 0 amide bonds. The number of nitrogens with zero attached hydrogens (tertiary/aromatic N) is 2. The maximum atomic E-state index is 13.4.